The van der Waals surface area contributed by atoms with Gasteiger partial charge in [-0.05, 0) is 44.5 Å². The van der Waals surface area contributed by atoms with Crippen molar-refractivity contribution >= 4 is 39.8 Å². The molecule has 2 aromatic rings. The van der Waals surface area contributed by atoms with Gasteiger partial charge in [0.05, 0.1) is 24.3 Å². The van der Waals surface area contributed by atoms with Crippen LogP contribution >= 0.6 is 24.0 Å². The third-order valence-corrected chi connectivity index (χ3v) is 6.05. The molecule has 0 saturated carbocycles. The molecule has 1 unspecified atom stereocenters. The Balaban J connectivity index is 0.00000480. The first-order chi connectivity index (χ1) is 14.5. The first-order valence-electron chi connectivity index (χ1n) is 10.1. The van der Waals surface area contributed by atoms with Crippen molar-refractivity contribution in [1.29, 1.82) is 0 Å². The Kier molecular flexibility index (Phi) is 12.3. The molecule has 0 radical (unpaired) electrons. The Morgan fingerprint density at radius 3 is 2.32 bits per heavy atom. The quantitative estimate of drug-likeness (QED) is 0.189. The molecule has 0 spiro atoms. The molecule has 0 aliphatic heterocycles. The van der Waals surface area contributed by atoms with E-state index in [0.717, 1.165) is 0 Å². The highest BCUT2D eigenvalue weighted by molar-refractivity contribution is 14.0. The molecule has 172 valence electrons. The number of methoxy groups -OCH3 is 1. The zero-order valence-corrected chi connectivity index (χ0v) is 21.4. The summed E-state index contributed by atoms with van der Waals surface area (Å²) >= 11 is 0. The van der Waals surface area contributed by atoms with Crippen molar-refractivity contribution in [3.05, 3.63) is 54.6 Å². The third kappa shape index (κ3) is 9.34. The van der Waals surface area contributed by atoms with Gasteiger partial charge in [-0.1, -0.05) is 30.3 Å². The van der Waals surface area contributed by atoms with Crippen LogP contribution in [0.5, 0.6) is 11.5 Å². The van der Waals surface area contributed by atoms with Crippen molar-refractivity contribution in [3.63, 3.8) is 0 Å². The van der Waals surface area contributed by atoms with Crippen LogP contribution in [0.15, 0.2) is 64.5 Å². The van der Waals surface area contributed by atoms with E-state index in [4.69, 9.17) is 9.47 Å². The standard InChI is InChI=1S/C22H31N3O4S.HI/c1-4-23-22(24-15-10-16-30(26,27)19-11-6-5-7-12-19)25-17-18(2)29-21-14-9-8-13-20(21)28-3;/h5-9,11-14,18H,4,10,15-17H2,1-3H3,(H2,23,24,25);1H. The number of rotatable bonds is 11. The van der Waals surface area contributed by atoms with Crippen molar-refractivity contribution in [2.75, 3.05) is 32.5 Å². The molecule has 0 aliphatic carbocycles. The monoisotopic (exact) mass is 561 g/mol. The van der Waals surface area contributed by atoms with Gasteiger partial charge < -0.3 is 20.1 Å². The summed E-state index contributed by atoms with van der Waals surface area (Å²) in [4.78, 5) is 4.89. The number of ether oxygens (including phenoxy) is 2. The Bertz CT molecular complexity index is 908. The van der Waals surface area contributed by atoms with Gasteiger partial charge in [0.1, 0.15) is 6.10 Å². The molecular weight excluding hydrogens is 529 g/mol. The second-order valence-corrected chi connectivity index (χ2v) is 8.82. The average Bonchev–Trinajstić information content (AvgIpc) is 2.76. The van der Waals surface area contributed by atoms with E-state index in [1.807, 2.05) is 38.1 Å². The van der Waals surface area contributed by atoms with Gasteiger partial charge in [-0.2, -0.15) is 0 Å². The summed E-state index contributed by atoms with van der Waals surface area (Å²) < 4.78 is 35.9. The van der Waals surface area contributed by atoms with Crippen LogP contribution in [-0.2, 0) is 9.84 Å². The first kappa shape index (κ1) is 27.0. The van der Waals surface area contributed by atoms with Gasteiger partial charge in [-0.3, -0.25) is 0 Å². The number of nitrogens with zero attached hydrogens (tertiary/aromatic N) is 1. The van der Waals surface area contributed by atoms with Crippen LogP contribution in [0, 0.1) is 0 Å². The fourth-order valence-corrected chi connectivity index (χ4v) is 4.08. The van der Waals surface area contributed by atoms with Crippen LogP contribution in [0.25, 0.3) is 0 Å². The number of hydrogen-bond donors (Lipinski definition) is 2. The average molecular weight is 561 g/mol. The number of hydrogen-bond acceptors (Lipinski definition) is 5. The Hall–Kier alpha value is -2.01. The van der Waals surface area contributed by atoms with Crippen molar-refractivity contribution in [2.24, 2.45) is 4.99 Å². The number of aliphatic imine (C=N–C) groups is 1. The fraction of sp³-hybridized carbons (Fsp3) is 0.409. The maximum Gasteiger partial charge on any atom is 0.191 e. The highest BCUT2D eigenvalue weighted by Gasteiger charge is 2.13. The summed E-state index contributed by atoms with van der Waals surface area (Å²) in [6.45, 7) is 5.56. The van der Waals surface area contributed by atoms with Gasteiger partial charge in [0.2, 0.25) is 0 Å². The van der Waals surface area contributed by atoms with E-state index in [9.17, 15) is 8.42 Å². The largest absolute Gasteiger partial charge is 0.493 e. The van der Waals surface area contributed by atoms with E-state index >= 15 is 0 Å². The zero-order valence-electron chi connectivity index (χ0n) is 18.2. The smallest absolute Gasteiger partial charge is 0.191 e. The summed E-state index contributed by atoms with van der Waals surface area (Å²) in [5.74, 6) is 2.06. The van der Waals surface area contributed by atoms with Crippen LogP contribution in [-0.4, -0.2) is 53.0 Å². The van der Waals surface area contributed by atoms with Crippen LogP contribution in [0.4, 0.5) is 0 Å². The number of benzene rings is 2. The van der Waals surface area contributed by atoms with Gasteiger partial charge in [-0.15, -0.1) is 24.0 Å². The molecule has 0 fully saturated rings. The highest BCUT2D eigenvalue weighted by Crippen LogP contribution is 2.26. The summed E-state index contributed by atoms with van der Waals surface area (Å²) in [7, 11) is -1.66. The van der Waals surface area contributed by atoms with E-state index in [-0.39, 0.29) is 35.8 Å². The minimum Gasteiger partial charge on any atom is -0.493 e. The van der Waals surface area contributed by atoms with Gasteiger partial charge in [0.15, 0.2) is 27.3 Å². The lowest BCUT2D eigenvalue weighted by molar-refractivity contribution is 0.219. The van der Waals surface area contributed by atoms with Gasteiger partial charge in [0.25, 0.3) is 0 Å². The van der Waals surface area contributed by atoms with Gasteiger partial charge >= 0.3 is 0 Å². The highest BCUT2D eigenvalue weighted by atomic mass is 127. The third-order valence-electron chi connectivity index (χ3n) is 4.23. The second kappa shape index (κ2) is 14.1. The molecule has 2 aromatic carbocycles. The Morgan fingerprint density at radius 2 is 1.68 bits per heavy atom. The number of guanidine groups is 1. The number of para-hydroxylation sites is 2. The summed E-state index contributed by atoms with van der Waals surface area (Å²) in [6, 6.07) is 16.0. The summed E-state index contributed by atoms with van der Waals surface area (Å²) in [6.07, 6.45) is 0.324. The molecule has 7 nitrogen and oxygen atoms in total. The van der Waals surface area contributed by atoms with E-state index < -0.39 is 9.84 Å². The van der Waals surface area contributed by atoms with Crippen molar-refractivity contribution in [2.45, 2.75) is 31.3 Å². The molecule has 2 N–H and O–H groups in total. The molecule has 2 rings (SSSR count). The zero-order chi connectivity index (χ0) is 21.8. The van der Waals surface area contributed by atoms with Gasteiger partial charge in [0, 0.05) is 13.1 Å². The molecule has 31 heavy (non-hydrogen) atoms. The molecule has 0 heterocycles. The van der Waals surface area contributed by atoms with Crippen molar-refractivity contribution in [3.8, 4) is 11.5 Å². The van der Waals surface area contributed by atoms with E-state index in [0.29, 0.717) is 48.4 Å². The lowest BCUT2D eigenvalue weighted by Crippen LogP contribution is -2.39. The minimum absolute atomic E-state index is 0. The fourth-order valence-electron chi connectivity index (χ4n) is 2.75. The van der Waals surface area contributed by atoms with Crippen LogP contribution < -0.4 is 20.1 Å². The minimum atomic E-state index is -3.27. The summed E-state index contributed by atoms with van der Waals surface area (Å²) in [5.41, 5.74) is 0. The van der Waals surface area contributed by atoms with E-state index in [2.05, 4.69) is 15.6 Å². The molecule has 0 amide bonds. The molecule has 0 aromatic heterocycles. The maximum atomic E-state index is 12.3. The van der Waals surface area contributed by atoms with Crippen LogP contribution in [0.3, 0.4) is 0 Å². The predicted octanol–water partition coefficient (Wildman–Crippen LogP) is 3.50. The normalized spacial score (nSPS) is 12.4. The molecular formula is C22H32IN3O4S. The summed E-state index contributed by atoms with van der Waals surface area (Å²) in [5, 5.41) is 6.34. The number of halogens is 1. The van der Waals surface area contributed by atoms with Crippen LogP contribution in [0.1, 0.15) is 20.3 Å². The molecule has 9 heteroatoms. The van der Waals surface area contributed by atoms with E-state index in [1.165, 1.54) is 0 Å². The van der Waals surface area contributed by atoms with Crippen LogP contribution in [0.2, 0.25) is 0 Å². The second-order valence-electron chi connectivity index (χ2n) is 6.71. The Labute approximate surface area is 202 Å². The topological polar surface area (TPSA) is 89.0 Å². The van der Waals surface area contributed by atoms with Gasteiger partial charge in [-0.25, -0.2) is 13.4 Å². The Morgan fingerprint density at radius 1 is 1.03 bits per heavy atom. The number of sulfone groups is 1. The predicted molar refractivity (Wildman–Crippen MR) is 136 cm³/mol. The maximum absolute atomic E-state index is 12.3. The first-order valence-corrected chi connectivity index (χ1v) is 11.7. The number of nitrogens with one attached hydrogen (secondary N) is 2. The molecule has 1 atom stereocenters. The molecule has 0 aliphatic rings. The molecule has 0 bridgehead atoms. The van der Waals surface area contributed by atoms with Crippen molar-refractivity contribution < 1.29 is 17.9 Å². The SMILES string of the molecule is CCNC(=NCC(C)Oc1ccccc1OC)NCCCS(=O)(=O)c1ccccc1.I. The van der Waals surface area contributed by atoms with E-state index in [1.54, 1.807) is 37.4 Å². The lowest BCUT2D eigenvalue weighted by Gasteiger charge is -2.16. The van der Waals surface area contributed by atoms with Crippen molar-refractivity contribution in [1.82, 2.24) is 10.6 Å². The molecule has 0 saturated heterocycles. The lowest BCUT2D eigenvalue weighted by atomic mass is 10.3.